The minimum Gasteiger partial charge on any atom is -0.440 e. The van der Waals surface area contributed by atoms with Gasteiger partial charge in [0.25, 0.3) is 0 Å². The zero-order valence-electron chi connectivity index (χ0n) is 14.2. The first-order valence-corrected chi connectivity index (χ1v) is 9.72. The Labute approximate surface area is 147 Å². The van der Waals surface area contributed by atoms with Gasteiger partial charge in [-0.25, -0.2) is 4.98 Å². The number of ether oxygens (including phenoxy) is 1. The molecule has 2 aromatic rings. The monoisotopic (exact) mass is 347 g/mol. The Bertz CT molecular complexity index is 649. The fourth-order valence-electron chi connectivity index (χ4n) is 3.71. The summed E-state index contributed by atoms with van der Waals surface area (Å²) < 4.78 is 11.4. The summed E-state index contributed by atoms with van der Waals surface area (Å²) in [5, 5.41) is 2.06. The van der Waals surface area contributed by atoms with Crippen LogP contribution in [-0.4, -0.2) is 60.2 Å². The van der Waals surface area contributed by atoms with E-state index >= 15 is 0 Å². The van der Waals surface area contributed by atoms with E-state index in [0.29, 0.717) is 6.04 Å². The maximum Gasteiger partial charge on any atom is 0.236 e. The van der Waals surface area contributed by atoms with Crippen LogP contribution in [0.1, 0.15) is 24.3 Å². The van der Waals surface area contributed by atoms with Gasteiger partial charge in [-0.05, 0) is 37.8 Å². The number of nitrogens with zero attached hydrogens (tertiary/aromatic N) is 3. The van der Waals surface area contributed by atoms with E-state index in [2.05, 4.69) is 21.2 Å². The topological polar surface area (TPSA) is 41.7 Å². The second-order valence-corrected chi connectivity index (χ2v) is 7.63. The molecule has 2 saturated heterocycles. The lowest BCUT2D eigenvalue weighted by molar-refractivity contribution is -0.00374. The Morgan fingerprint density at radius 2 is 2.17 bits per heavy atom. The van der Waals surface area contributed by atoms with Crippen molar-refractivity contribution >= 4 is 11.3 Å². The maximum atomic E-state index is 5.89. The van der Waals surface area contributed by atoms with Crippen LogP contribution >= 0.6 is 11.3 Å². The number of hydrogen-bond donors (Lipinski definition) is 0. The van der Waals surface area contributed by atoms with Gasteiger partial charge in [0, 0.05) is 32.2 Å². The van der Waals surface area contributed by atoms with Crippen molar-refractivity contribution in [3.8, 4) is 10.8 Å². The molecule has 1 atom stereocenters. The van der Waals surface area contributed by atoms with Crippen LogP contribution in [0.25, 0.3) is 10.8 Å². The van der Waals surface area contributed by atoms with E-state index in [-0.39, 0.29) is 0 Å². The zero-order valence-corrected chi connectivity index (χ0v) is 15.1. The maximum absolute atomic E-state index is 5.89. The molecule has 24 heavy (non-hydrogen) atoms. The molecule has 5 nitrogen and oxygen atoms in total. The van der Waals surface area contributed by atoms with Gasteiger partial charge in [0.05, 0.1) is 23.8 Å². The molecule has 0 N–H and O–H groups in total. The Morgan fingerprint density at radius 3 is 2.96 bits per heavy atom. The zero-order chi connectivity index (χ0) is 16.4. The fourth-order valence-corrected chi connectivity index (χ4v) is 4.36. The highest BCUT2D eigenvalue weighted by molar-refractivity contribution is 7.13. The molecule has 4 rings (SSSR count). The molecule has 2 aromatic heterocycles. The summed E-state index contributed by atoms with van der Waals surface area (Å²) in [5.41, 5.74) is 1.08. The molecule has 1 unspecified atom stereocenters. The number of aryl methyl sites for hydroxylation is 1. The van der Waals surface area contributed by atoms with Crippen molar-refractivity contribution in [2.24, 2.45) is 0 Å². The number of oxazole rings is 1. The molecule has 6 heteroatoms. The molecule has 0 amide bonds. The normalized spacial score (nSPS) is 23.6. The van der Waals surface area contributed by atoms with Gasteiger partial charge in [-0.3, -0.25) is 9.80 Å². The lowest BCUT2D eigenvalue weighted by Crippen LogP contribution is -2.51. The van der Waals surface area contributed by atoms with Gasteiger partial charge in [0.2, 0.25) is 5.89 Å². The number of likely N-dealkylation sites (tertiary alicyclic amines) is 1. The molecule has 0 aromatic carbocycles. The highest BCUT2D eigenvalue weighted by Crippen LogP contribution is 2.27. The van der Waals surface area contributed by atoms with Gasteiger partial charge in [-0.2, -0.15) is 0 Å². The van der Waals surface area contributed by atoms with E-state index in [0.717, 1.165) is 68.2 Å². The van der Waals surface area contributed by atoms with Crippen molar-refractivity contribution < 1.29 is 9.15 Å². The second kappa shape index (κ2) is 7.35. The number of morpholine rings is 1. The highest BCUT2D eigenvalue weighted by atomic mass is 32.1. The van der Waals surface area contributed by atoms with Crippen LogP contribution in [0.5, 0.6) is 0 Å². The van der Waals surface area contributed by atoms with E-state index in [1.807, 2.05) is 13.0 Å². The van der Waals surface area contributed by atoms with Crippen molar-refractivity contribution in [1.82, 2.24) is 14.8 Å². The molecule has 4 heterocycles. The Kier molecular flexibility index (Phi) is 4.98. The summed E-state index contributed by atoms with van der Waals surface area (Å²) in [6, 6.07) is 4.76. The summed E-state index contributed by atoms with van der Waals surface area (Å²) in [4.78, 5) is 11.0. The lowest BCUT2D eigenvalue weighted by Gasteiger charge is -2.40. The number of piperidine rings is 1. The molecular formula is C18H25N3O2S. The summed E-state index contributed by atoms with van der Waals surface area (Å²) in [5.74, 6) is 1.71. The molecule has 0 radical (unpaired) electrons. The predicted molar refractivity (Wildman–Crippen MR) is 95.2 cm³/mol. The molecule has 0 aliphatic carbocycles. The van der Waals surface area contributed by atoms with Gasteiger partial charge in [-0.1, -0.05) is 6.07 Å². The van der Waals surface area contributed by atoms with Crippen LogP contribution in [0.3, 0.4) is 0 Å². The second-order valence-electron chi connectivity index (χ2n) is 6.68. The summed E-state index contributed by atoms with van der Waals surface area (Å²) in [6.07, 6.45) is 2.56. The average Bonchev–Trinajstić information content (AvgIpc) is 3.27. The van der Waals surface area contributed by atoms with Crippen molar-refractivity contribution in [2.45, 2.75) is 32.4 Å². The van der Waals surface area contributed by atoms with Crippen LogP contribution < -0.4 is 0 Å². The summed E-state index contributed by atoms with van der Waals surface area (Å²) >= 11 is 1.67. The predicted octanol–water partition coefficient (Wildman–Crippen LogP) is 3.01. The first-order chi connectivity index (χ1) is 11.8. The molecule has 130 valence electrons. The van der Waals surface area contributed by atoms with Crippen molar-refractivity contribution in [3.63, 3.8) is 0 Å². The Morgan fingerprint density at radius 1 is 1.29 bits per heavy atom. The Balaban J connectivity index is 1.41. The van der Waals surface area contributed by atoms with E-state index in [1.165, 1.54) is 12.8 Å². The van der Waals surface area contributed by atoms with Gasteiger partial charge in [-0.15, -0.1) is 11.3 Å². The fraction of sp³-hybridized carbons (Fsp3) is 0.611. The highest BCUT2D eigenvalue weighted by Gasteiger charge is 2.27. The van der Waals surface area contributed by atoms with Crippen LogP contribution in [0.2, 0.25) is 0 Å². The smallest absolute Gasteiger partial charge is 0.236 e. The van der Waals surface area contributed by atoms with Gasteiger partial charge >= 0.3 is 0 Å². The van der Waals surface area contributed by atoms with Gasteiger partial charge < -0.3 is 9.15 Å². The van der Waals surface area contributed by atoms with Crippen LogP contribution in [-0.2, 0) is 11.3 Å². The molecule has 2 fully saturated rings. The van der Waals surface area contributed by atoms with Crippen LogP contribution in [0, 0.1) is 6.92 Å². The van der Waals surface area contributed by atoms with Gasteiger partial charge in [0.1, 0.15) is 5.76 Å². The number of thiophene rings is 1. The van der Waals surface area contributed by atoms with Gasteiger partial charge in [0.15, 0.2) is 0 Å². The minimum absolute atomic E-state index is 0.659. The molecule has 2 aliphatic heterocycles. The summed E-state index contributed by atoms with van der Waals surface area (Å²) in [6.45, 7) is 9.10. The third-order valence-electron chi connectivity index (χ3n) is 5.04. The van der Waals surface area contributed by atoms with E-state index in [9.17, 15) is 0 Å². The molecule has 0 spiro atoms. The minimum atomic E-state index is 0.659. The first kappa shape index (κ1) is 16.3. The SMILES string of the molecule is Cc1oc(-c2cccs2)nc1CN1CCCC(N2CCOCC2)C1. The Hall–Kier alpha value is -1.21. The van der Waals surface area contributed by atoms with Crippen LogP contribution in [0.4, 0.5) is 0 Å². The number of hydrogen-bond acceptors (Lipinski definition) is 6. The largest absolute Gasteiger partial charge is 0.440 e. The molecule has 0 saturated carbocycles. The molecule has 0 bridgehead atoms. The van der Waals surface area contributed by atoms with Crippen molar-refractivity contribution in [3.05, 3.63) is 29.0 Å². The van der Waals surface area contributed by atoms with Crippen LogP contribution in [0.15, 0.2) is 21.9 Å². The standard InChI is InChI=1S/C18H25N3O2S/c1-14-16(19-18(23-14)17-5-3-11-24-17)13-20-6-2-4-15(12-20)21-7-9-22-10-8-21/h3,5,11,15H,2,4,6-10,12-13H2,1H3. The third kappa shape index (κ3) is 3.57. The third-order valence-corrected chi connectivity index (χ3v) is 5.90. The average molecular weight is 347 g/mol. The number of rotatable bonds is 4. The quantitative estimate of drug-likeness (QED) is 0.850. The molecular weight excluding hydrogens is 322 g/mol. The first-order valence-electron chi connectivity index (χ1n) is 8.84. The van der Waals surface area contributed by atoms with E-state index in [4.69, 9.17) is 14.1 Å². The van der Waals surface area contributed by atoms with Crippen molar-refractivity contribution in [2.75, 3.05) is 39.4 Å². The van der Waals surface area contributed by atoms with E-state index < -0.39 is 0 Å². The van der Waals surface area contributed by atoms with Crippen molar-refractivity contribution in [1.29, 1.82) is 0 Å². The molecule has 2 aliphatic rings. The summed E-state index contributed by atoms with van der Waals surface area (Å²) in [7, 11) is 0. The lowest BCUT2D eigenvalue weighted by atomic mass is 10.0. The van der Waals surface area contributed by atoms with E-state index in [1.54, 1.807) is 11.3 Å². The number of aromatic nitrogens is 1.